The van der Waals surface area contributed by atoms with Crippen molar-refractivity contribution in [3.8, 4) is 11.5 Å². The van der Waals surface area contributed by atoms with E-state index in [1.165, 1.54) is 17.0 Å². The Labute approximate surface area is 160 Å². The largest absolute Gasteiger partial charge is 0.507 e. The van der Waals surface area contributed by atoms with E-state index in [0.717, 1.165) is 0 Å². The zero-order chi connectivity index (χ0) is 20.4. The lowest BCUT2D eigenvalue weighted by Crippen LogP contribution is -2.59. The quantitative estimate of drug-likeness (QED) is 0.353. The molecule has 0 bridgehead atoms. The summed E-state index contributed by atoms with van der Waals surface area (Å²) in [4.78, 5) is 36.6. The van der Waals surface area contributed by atoms with Gasteiger partial charge in [-0.05, 0) is 24.4 Å². The van der Waals surface area contributed by atoms with Crippen LogP contribution in [0.1, 0.15) is 22.3 Å². The van der Waals surface area contributed by atoms with E-state index in [-0.39, 0.29) is 61.8 Å². The number of likely N-dealkylation sites (tertiary alicyclic amines) is 1. The van der Waals surface area contributed by atoms with Crippen molar-refractivity contribution in [2.45, 2.75) is 31.3 Å². The van der Waals surface area contributed by atoms with Gasteiger partial charge in [-0.1, -0.05) is 6.07 Å². The summed E-state index contributed by atoms with van der Waals surface area (Å²) < 4.78 is 5.65. The number of aromatic hydroxyl groups is 1. The van der Waals surface area contributed by atoms with Crippen molar-refractivity contribution in [3.63, 3.8) is 0 Å². The standard InChI is InChI=1S/C17H21BN2O8/c21-10-5-12(19-6-10)16(23)20-7-11(8-20)28-13-2-1-9(3-4-18(26)27)15(22)14(13)17(24)25/h1-2,11-12,19,22,26-27H,3-8H2,(H,24,25)/t12-/m0/s1. The number of ketones is 1. The minimum absolute atomic E-state index is 0.0120. The molecular formula is C17H21BN2O8. The molecule has 150 valence electrons. The van der Waals surface area contributed by atoms with E-state index in [1.807, 2.05) is 0 Å². The van der Waals surface area contributed by atoms with Gasteiger partial charge in [-0.15, -0.1) is 0 Å². The first kappa shape index (κ1) is 20.1. The molecule has 5 N–H and O–H groups in total. The average molecular weight is 392 g/mol. The average Bonchev–Trinajstić information content (AvgIpc) is 3.02. The molecular weight excluding hydrogens is 371 g/mol. The predicted octanol–water partition coefficient (Wildman–Crippen LogP) is -1.37. The third-order valence-electron chi connectivity index (χ3n) is 4.84. The van der Waals surface area contributed by atoms with Crippen LogP contribution in [0.5, 0.6) is 11.5 Å². The minimum Gasteiger partial charge on any atom is -0.507 e. The Morgan fingerprint density at radius 3 is 2.57 bits per heavy atom. The van der Waals surface area contributed by atoms with Crippen LogP contribution in [0.15, 0.2) is 12.1 Å². The molecule has 11 heteroatoms. The van der Waals surface area contributed by atoms with Gasteiger partial charge in [0.2, 0.25) is 5.91 Å². The molecule has 1 amide bonds. The second-order valence-corrected chi connectivity index (χ2v) is 6.93. The van der Waals surface area contributed by atoms with Crippen LogP contribution in [-0.4, -0.2) is 81.7 Å². The van der Waals surface area contributed by atoms with Crippen LogP contribution in [0.25, 0.3) is 0 Å². The van der Waals surface area contributed by atoms with Crippen molar-refractivity contribution >= 4 is 24.8 Å². The number of carbonyl (C=O) groups excluding carboxylic acids is 2. The molecule has 3 rings (SSSR count). The molecule has 0 unspecified atom stereocenters. The Morgan fingerprint density at radius 2 is 2.00 bits per heavy atom. The highest BCUT2D eigenvalue weighted by atomic mass is 16.5. The number of hydrogen-bond acceptors (Lipinski definition) is 8. The van der Waals surface area contributed by atoms with Gasteiger partial charge >= 0.3 is 13.1 Å². The maximum Gasteiger partial charge on any atom is 0.451 e. The van der Waals surface area contributed by atoms with Crippen molar-refractivity contribution < 1.29 is 39.4 Å². The molecule has 1 aromatic carbocycles. The summed E-state index contributed by atoms with van der Waals surface area (Å²) in [6.45, 7) is 0.693. The van der Waals surface area contributed by atoms with Gasteiger partial charge in [-0.25, -0.2) is 4.79 Å². The fourth-order valence-electron chi connectivity index (χ4n) is 3.28. The number of benzene rings is 1. The maximum atomic E-state index is 12.3. The maximum absolute atomic E-state index is 12.3. The monoisotopic (exact) mass is 392 g/mol. The summed E-state index contributed by atoms with van der Waals surface area (Å²) in [7, 11) is -1.56. The van der Waals surface area contributed by atoms with E-state index >= 15 is 0 Å². The second-order valence-electron chi connectivity index (χ2n) is 6.93. The Balaban J connectivity index is 1.63. The molecule has 28 heavy (non-hydrogen) atoms. The molecule has 0 spiro atoms. The summed E-state index contributed by atoms with van der Waals surface area (Å²) in [5.41, 5.74) is -0.141. The Bertz CT molecular complexity index is 794. The van der Waals surface area contributed by atoms with Gasteiger partial charge in [0.1, 0.15) is 28.9 Å². The predicted molar refractivity (Wildman–Crippen MR) is 96.2 cm³/mol. The molecule has 1 atom stereocenters. The normalized spacial score (nSPS) is 19.4. The first-order chi connectivity index (χ1) is 13.3. The van der Waals surface area contributed by atoms with E-state index in [0.29, 0.717) is 0 Å². The van der Waals surface area contributed by atoms with Gasteiger partial charge in [-0.3, -0.25) is 14.9 Å². The number of nitrogens with zero attached hydrogens (tertiary/aromatic N) is 1. The molecule has 0 radical (unpaired) electrons. The number of rotatable bonds is 7. The summed E-state index contributed by atoms with van der Waals surface area (Å²) in [5.74, 6) is -2.08. The number of ether oxygens (including phenoxy) is 1. The Kier molecular flexibility index (Phi) is 5.87. The molecule has 1 aromatic rings. The van der Waals surface area contributed by atoms with Gasteiger partial charge in [-0.2, -0.15) is 0 Å². The smallest absolute Gasteiger partial charge is 0.451 e. The Morgan fingerprint density at radius 1 is 1.29 bits per heavy atom. The van der Waals surface area contributed by atoms with E-state index in [2.05, 4.69) is 5.32 Å². The van der Waals surface area contributed by atoms with Crippen LogP contribution < -0.4 is 10.1 Å². The summed E-state index contributed by atoms with van der Waals surface area (Å²) in [6.07, 6.45) is -0.224. The van der Waals surface area contributed by atoms with Gasteiger partial charge < -0.3 is 29.9 Å². The van der Waals surface area contributed by atoms with E-state index in [9.17, 15) is 24.6 Å². The number of Topliss-reactive ketones (excluding diaryl/α,β-unsaturated/α-hetero) is 1. The van der Waals surface area contributed by atoms with Crippen molar-refractivity contribution in [2.24, 2.45) is 0 Å². The number of carbonyl (C=O) groups is 3. The first-order valence-electron chi connectivity index (χ1n) is 8.91. The lowest BCUT2D eigenvalue weighted by molar-refractivity contribution is -0.142. The highest BCUT2D eigenvalue weighted by molar-refractivity contribution is 6.41. The second kappa shape index (κ2) is 8.17. The fourth-order valence-corrected chi connectivity index (χ4v) is 3.28. The molecule has 0 saturated carbocycles. The lowest BCUT2D eigenvalue weighted by atomic mass is 9.82. The molecule has 0 aromatic heterocycles. The number of nitrogens with one attached hydrogen (secondary N) is 1. The van der Waals surface area contributed by atoms with Crippen LogP contribution in [0.4, 0.5) is 0 Å². The topological polar surface area (TPSA) is 157 Å². The lowest BCUT2D eigenvalue weighted by Gasteiger charge is -2.40. The van der Waals surface area contributed by atoms with Crippen LogP contribution in [0.2, 0.25) is 6.32 Å². The molecule has 2 saturated heterocycles. The molecule has 2 fully saturated rings. The van der Waals surface area contributed by atoms with Crippen molar-refractivity contribution in [1.29, 1.82) is 0 Å². The van der Waals surface area contributed by atoms with Crippen LogP contribution in [-0.2, 0) is 16.0 Å². The molecule has 2 heterocycles. The minimum atomic E-state index is -1.56. The highest BCUT2D eigenvalue weighted by Gasteiger charge is 2.39. The van der Waals surface area contributed by atoms with Gasteiger partial charge in [0.05, 0.1) is 25.7 Å². The molecule has 0 aliphatic carbocycles. The van der Waals surface area contributed by atoms with E-state index in [1.54, 1.807) is 0 Å². The number of aryl methyl sites for hydroxylation is 1. The number of amides is 1. The third kappa shape index (κ3) is 4.27. The SMILES string of the molecule is O=C1CN[C@H](C(=O)N2CC(Oc3ccc(CCB(O)O)c(O)c3C(=O)O)C2)C1. The first-order valence-corrected chi connectivity index (χ1v) is 8.91. The molecule has 10 nitrogen and oxygen atoms in total. The van der Waals surface area contributed by atoms with Crippen molar-refractivity contribution in [1.82, 2.24) is 10.2 Å². The van der Waals surface area contributed by atoms with Gasteiger partial charge in [0.15, 0.2) is 0 Å². The number of phenols is 1. The molecule has 2 aliphatic rings. The highest BCUT2D eigenvalue weighted by Crippen LogP contribution is 2.34. The van der Waals surface area contributed by atoms with E-state index in [4.69, 9.17) is 14.8 Å². The number of aromatic carboxylic acids is 1. The fraction of sp³-hybridized carbons (Fsp3) is 0.471. The Hall–Kier alpha value is -2.63. The summed E-state index contributed by atoms with van der Waals surface area (Å²) in [6, 6.07) is 2.35. The van der Waals surface area contributed by atoms with Crippen molar-refractivity contribution in [2.75, 3.05) is 19.6 Å². The van der Waals surface area contributed by atoms with Gasteiger partial charge in [0.25, 0.3) is 0 Å². The van der Waals surface area contributed by atoms with Crippen LogP contribution in [0.3, 0.4) is 0 Å². The van der Waals surface area contributed by atoms with Crippen LogP contribution >= 0.6 is 0 Å². The zero-order valence-corrected chi connectivity index (χ0v) is 15.0. The third-order valence-corrected chi connectivity index (χ3v) is 4.84. The number of carboxylic acids is 1. The zero-order valence-electron chi connectivity index (χ0n) is 15.0. The summed E-state index contributed by atoms with van der Waals surface area (Å²) >= 11 is 0. The van der Waals surface area contributed by atoms with Crippen molar-refractivity contribution in [3.05, 3.63) is 23.3 Å². The van der Waals surface area contributed by atoms with Gasteiger partial charge in [0, 0.05) is 6.42 Å². The number of hydrogen-bond donors (Lipinski definition) is 5. The van der Waals surface area contributed by atoms with Crippen LogP contribution in [0, 0.1) is 0 Å². The molecule has 2 aliphatic heterocycles. The van der Waals surface area contributed by atoms with E-state index < -0.39 is 36.5 Å². The number of carboxylic acid groups (broad SMARTS) is 1. The summed E-state index contributed by atoms with van der Waals surface area (Å²) in [5, 5.41) is 40.4.